The third kappa shape index (κ3) is 3.27. The van der Waals surface area contributed by atoms with Gasteiger partial charge in [-0.25, -0.2) is 5.10 Å². The molecule has 0 atom stereocenters. The number of nitrogens with zero attached hydrogens (tertiary/aromatic N) is 2. The number of hydrazone groups is 1. The van der Waals surface area contributed by atoms with E-state index in [0.29, 0.717) is 10.2 Å². The van der Waals surface area contributed by atoms with Gasteiger partial charge in [0.2, 0.25) is 0 Å². The Hall–Kier alpha value is -1.47. The topological polar surface area (TPSA) is 70.1 Å². The van der Waals surface area contributed by atoms with E-state index in [9.17, 15) is 4.79 Å². The second kappa shape index (κ2) is 5.92. The summed E-state index contributed by atoms with van der Waals surface area (Å²) in [7, 11) is 0. The molecule has 7 heteroatoms. The fraction of sp³-hybridized carbons (Fsp3) is 0. The highest BCUT2D eigenvalue weighted by atomic mass is 79.9. The van der Waals surface area contributed by atoms with Gasteiger partial charge in [0.25, 0.3) is 5.56 Å². The maximum absolute atomic E-state index is 11.3. The maximum atomic E-state index is 11.3. The number of aromatic amines is 1. The first-order chi connectivity index (χ1) is 8.66. The number of anilines is 1. The van der Waals surface area contributed by atoms with Crippen LogP contribution in [0.5, 0.6) is 0 Å². The minimum atomic E-state index is -0.308. The van der Waals surface area contributed by atoms with Crippen molar-refractivity contribution in [1.82, 2.24) is 10.2 Å². The van der Waals surface area contributed by atoms with Crippen molar-refractivity contribution in [3.63, 3.8) is 0 Å². The Morgan fingerprint density at radius 3 is 3.00 bits per heavy atom. The van der Waals surface area contributed by atoms with Crippen molar-refractivity contribution in [2.45, 2.75) is 0 Å². The van der Waals surface area contributed by atoms with Crippen molar-refractivity contribution in [2.24, 2.45) is 5.10 Å². The molecule has 0 aliphatic heterocycles. The van der Waals surface area contributed by atoms with Gasteiger partial charge in [0, 0.05) is 4.47 Å². The molecule has 0 unspecified atom stereocenters. The molecule has 0 aliphatic rings. The number of aromatic nitrogens is 2. The van der Waals surface area contributed by atoms with Crippen LogP contribution in [0.25, 0.3) is 0 Å². The van der Waals surface area contributed by atoms with Gasteiger partial charge in [-0.2, -0.15) is 10.2 Å². The van der Waals surface area contributed by atoms with E-state index in [0.717, 1.165) is 10.0 Å². The fourth-order valence-electron chi connectivity index (χ4n) is 1.22. The van der Waals surface area contributed by atoms with Crippen molar-refractivity contribution in [3.8, 4) is 0 Å². The predicted octanol–water partition coefficient (Wildman–Crippen LogP) is 2.74. The largest absolute Gasteiger partial charge is 0.280 e. The van der Waals surface area contributed by atoms with Gasteiger partial charge in [0.1, 0.15) is 4.47 Å². The summed E-state index contributed by atoms with van der Waals surface area (Å²) in [5, 5.41) is 10.0. The molecule has 0 aliphatic carbocycles. The molecule has 1 aromatic heterocycles. The van der Waals surface area contributed by atoms with Crippen LogP contribution in [0, 0.1) is 0 Å². The van der Waals surface area contributed by atoms with Crippen molar-refractivity contribution < 1.29 is 0 Å². The predicted molar refractivity (Wildman–Crippen MR) is 77.9 cm³/mol. The van der Waals surface area contributed by atoms with Crippen LogP contribution < -0.4 is 11.0 Å². The van der Waals surface area contributed by atoms with E-state index >= 15 is 0 Å². The standard InChI is InChI=1S/C11H8Br2N4O/c12-8-3-1-2-7(4-8)5-14-16-9-6-15-17-11(18)10(9)13/h1-6H,(H2,16,17,18). The Balaban J connectivity index is 2.12. The van der Waals surface area contributed by atoms with Crippen LogP contribution in [0.3, 0.4) is 0 Å². The minimum absolute atomic E-state index is 0.308. The molecule has 0 spiro atoms. The lowest BCUT2D eigenvalue weighted by atomic mass is 10.2. The molecule has 1 heterocycles. The zero-order chi connectivity index (χ0) is 13.0. The number of hydrogen-bond donors (Lipinski definition) is 2. The molecule has 0 amide bonds. The van der Waals surface area contributed by atoms with Crippen LogP contribution in [0.15, 0.2) is 49.3 Å². The maximum Gasteiger partial charge on any atom is 0.280 e. The monoisotopic (exact) mass is 370 g/mol. The Bertz CT molecular complexity index is 639. The van der Waals surface area contributed by atoms with Gasteiger partial charge in [-0.3, -0.25) is 10.2 Å². The van der Waals surface area contributed by atoms with Gasteiger partial charge in [-0.15, -0.1) is 0 Å². The van der Waals surface area contributed by atoms with Crippen LogP contribution in [0.1, 0.15) is 5.56 Å². The van der Waals surface area contributed by atoms with Gasteiger partial charge in [-0.1, -0.05) is 28.1 Å². The highest BCUT2D eigenvalue weighted by Crippen LogP contribution is 2.15. The second-order valence-corrected chi connectivity index (χ2v) is 5.06. The van der Waals surface area contributed by atoms with E-state index in [-0.39, 0.29) is 5.56 Å². The van der Waals surface area contributed by atoms with Crippen LogP contribution in [0.2, 0.25) is 0 Å². The molecule has 1 aromatic carbocycles. The number of nitrogens with one attached hydrogen (secondary N) is 2. The van der Waals surface area contributed by atoms with Crippen molar-refractivity contribution in [2.75, 3.05) is 5.43 Å². The van der Waals surface area contributed by atoms with Crippen molar-refractivity contribution in [3.05, 3.63) is 55.3 Å². The molecule has 2 rings (SSSR count). The molecule has 0 radical (unpaired) electrons. The molecular weight excluding hydrogens is 364 g/mol. The van der Waals surface area contributed by atoms with Gasteiger partial charge in [0.05, 0.1) is 18.1 Å². The van der Waals surface area contributed by atoms with Crippen molar-refractivity contribution in [1.29, 1.82) is 0 Å². The van der Waals surface area contributed by atoms with Gasteiger partial charge >= 0.3 is 0 Å². The average molecular weight is 372 g/mol. The average Bonchev–Trinajstić information content (AvgIpc) is 2.35. The zero-order valence-electron chi connectivity index (χ0n) is 9.02. The summed E-state index contributed by atoms with van der Waals surface area (Å²) in [5.41, 5.74) is 3.88. The zero-order valence-corrected chi connectivity index (χ0v) is 12.2. The normalized spacial score (nSPS) is 10.8. The molecule has 5 nitrogen and oxygen atoms in total. The van der Waals surface area contributed by atoms with E-state index in [4.69, 9.17) is 0 Å². The quantitative estimate of drug-likeness (QED) is 0.643. The number of rotatable bonds is 3. The first-order valence-electron chi connectivity index (χ1n) is 4.94. The lowest BCUT2D eigenvalue weighted by Gasteiger charge is -2.00. The van der Waals surface area contributed by atoms with E-state index in [1.165, 1.54) is 6.20 Å². The smallest absolute Gasteiger partial charge is 0.275 e. The molecule has 2 N–H and O–H groups in total. The highest BCUT2D eigenvalue weighted by molar-refractivity contribution is 9.10. The summed E-state index contributed by atoms with van der Waals surface area (Å²) in [5.74, 6) is 0. The lowest BCUT2D eigenvalue weighted by molar-refractivity contribution is 0.977. The first kappa shape index (κ1) is 13.0. The number of benzene rings is 1. The number of hydrogen-bond acceptors (Lipinski definition) is 4. The summed E-state index contributed by atoms with van der Waals surface area (Å²) in [6.45, 7) is 0. The Morgan fingerprint density at radius 2 is 2.22 bits per heavy atom. The van der Waals surface area contributed by atoms with Crippen LogP contribution in [-0.2, 0) is 0 Å². The lowest BCUT2D eigenvalue weighted by Crippen LogP contribution is -2.10. The molecule has 0 saturated carbocycles. The Labute approximate surface area is 120 Å². The molecule has 0 fully saturated rings. The first-order valence-corrected chi connectivity index (χ1v) is 6.53. The van der Waals surface area contributed by atoms with Crippen LogP contribution in [-0.4, -0.2) is 16.4 Å². The third-order valence-electron chi connectivity index (χ3n) is 2.04. The van der Waals surface area contributed by atoms with E-state index in [2.05, 4.69) is 52.6 Å². The van der Waals surface area contributed by atoms with Gasteiger partial charge < -0.3 is 0 Å². The van der Waals surface area contributed by atoms with E-state index < -0.39 is 0 Å². The summed E-state index contributed by atoms with van der Waals surface area (Å²) in [4.78, 5) is 11.3. The van der Waals surface area contributed by atoms with E-state index in [1.807, 2.05) is 24.3 Å². The highest BCUT2D eigenvalue weighted by Gasteiger charge is 2.02. The van der Waals surface area contributed by atoms with Gasteiger partial charge in [0.15, 0.2) is 0 Å². The third-order valence-corrected chi connectivity index (χ3v) is 3.32. The van der Waals surface area contributed by atoms with E-state index in [1.54, 1.807) is 6.21 Å². The molecule has 92 valence electrons. The summed E-state index contributed by atoms with van der Waals surface area (Å²) in [6.07, 6.45) is 3.13. The Kier molecular flexibility index (Phi) is 4.27. The molecule has 0 saturated heterocycles. The molecule has 2 aromatic rings. The van der Waals surface area contributed by atoms with Crippen LogP contribution >= 0.6 is 31.9 Å². The summed E-state index contributed by atoms with van der Waals surface area (Å²) >= 11 is 6.53. The van der Waals surface area contributed by atoms with Crippen molar-refractivity contribution >= 4 is 43.8 Å². The molecule has 18 heavy (non-hydrogen) atoms. The Morgan fingerprint density at radius 1 is 1.39 bits per heavy atom. The summed E-state index contributed by atoms with van der Waals surface area (Å²) < 4.78 is 1.34. The number of halogens is 2. The number of H-pyrrole nitrogens is 1. The van der Waals surface area contributed by atoms with Gasteiger partial charge in [-0.05, 0) is 33.6 Å². The van der Waals surface area contributed by atoms with Crippen LogP contribution in [0.4, 0.5) is 5.69 Å². The SMILES string of the molecule is O=c1[nH]ncc(NN=Cc2cccc(Br)c2)c1Br. The fourth-order valence-corrected chi connectivity index (χ4v) is 1.92. The molecular formula is C11H8Br2N4O. The molecule has 0 bridgehead atoms. The second-order valence-electron chi connectivity index (χ2n) is 3.35. The summed E-state index contributed by atoms with van der Waals surface area (Å²) in [6, 6.07) is 7.69. The minimum Gasteiger partial charge on any atom is -0.275 e.